The summed E-state index contributed by atoms with van der Waals surface area (Å²) in [7, 11) is 1.74. The van der Waals surface area contributed by atoms with Crippen molar-refractivity contribution in [2.24, 2.45) is 0 Å². The molecule has 1 unspecified atom stereocenters. The fraction of sp³-hybridized carbons (Fsp3) is 0.278. The predicted molar refractivity (Wildman–Crippen MR) is 89.5 cm³/mol. The fourth-order valence-electron chi connectivity index (χ4n) is 2.44. The molecule has 1 atom stereocenters. The molecule has 0 fully saturated rings. The van der Waals surface area contributed by atoms with Crippen molar-refractivity contribution in [1.29, 1.82) is 0 Å². The van der Waals surface area contributed by atoms with Gasteiger partial charge in [0.1, 0.15) is 0 Å². The number of benzene rings is 2. The Hall–Kier alpha value is -2.69. The highest BCUT2D eigenvalue weighted by molar-refractivity contribution is 5.94. The van der Waals surface area contributed by atoms with Crippen LogP contribution in [0.15, 0.2) is 42.5 Å². The molecule has 0 aliphatic rings. The van der Waals surface area contributed by atoms with Gasteiger partial charge in [-0.05, 0) is 38.5 Å². The first-order valence-corrected chi connectivity index (χ1v) is 7.40. The fourth-order valence-corrected chi connectivity index (χ4v) is 2.44. The molecule has 0 spiro atoms. The number of rotatable bonds is 4. The molecule has 1 amide bonds. The number of aryl methyl sites for hydroxylation is 2. The number of carbonyl (C=O) groups is 1. The Labute approximate surface area is 135 Å². The van der Waals surface area contributed by atoms with E-state index in [1.54, 1.807) is 24.9 Å². The van der Waals surface area contributed by atoms with Crippen LogP contribution >= 0.6 is 0 Å². The third kappa shape index (κ3) is 3.56. The first-order chi connectivity index (χ1) is 10.8. The first-order valence-electron chi connectivity index (χ1n) is 7.40. The Balaban J connectivity index is 2.23. The molecule has 5 nitrogen and oxygen atoms in total. The second kappa shape index (κ2) is 6.60. The zero-order chi connectivity index (χ0) is 17.1. The van der Waals surface area contributed by atoms with Crippen LogP contribution in [0.5, 0.6) is 0 Å². The van der Waals surface area contributed by atoms with Crippen LogP contribution in [-0.2, 0) is 0 Å². The Morgan fingerprint density at radius 2 is 1.74 bits per heavy atom. The summed E-state index contributed by atoms with van der Waals surface area (Å²) in [6.45, 7) is 5.61. The number of hydrogen-bond acceptors (Lipinski definition) is 3. The van der Waals surface area contributed by atoms with E-state index in [2.05, 4.69) is 0 Å². The van der Waals surface area contributed by atoms with Crippen LogP contribution in [0.1, 0.15) is 40.0 Å². The zero-order valence-corrected chi connectivity index (χ0v) is 13.7. The Bertz CT molecular complexity index is 738. The van der Waals surface area contributed by atoms with E-state index in [1.165, 1.54) is 17.7 Å². The van der Waals surface area contributed by atoms with Gasteiger partial charge in [0.2, 0.25) is 0 Å². The second-order valence-electron chi connectivity index (χ2n) is 5.76. The molecule has 0 aliphatic heterocycles. The smallest absolute Gasteiger partial charge is 0.272 e. The lowest BCUT2D eigenvalue weighted by molar-refractivity contribution is -0.385. The maximum atomic E-state index is 12.6. The van der Waals surface area contributed by atoms with Gasteiger partial charge in [0.15, 0.2) is 0 Å². The predicted octanol–water partition coefficient (Wildman–Crippen LogP) is 4.04. The van der Waals surface area contributed by atoms with Gasteiger partial charge in [0, 0.05) is 24.2 Å². The van der Waals surface area contributed by atoms with Gasteiger partial charge in [0.05, 0.1) is 11.0 Å². The highest BCUT2D eigenvalue weighted by Crippen LogP contribution is 2.24. The average Bonchev–Trinajstić information content (AvgIpc) is 2.53. The molecule has 120 valence electrons. The lowest BCUT2D eigenvalue weighted by Crippen LogP contribution is -2.29. The molecule has 0 aliphatic carbocycles. The minimum atomic E-state index is -0.442. The van der Waals surface area contributed by atoms with E-state index in [0.717, 1.165) is 5.56 Å². The van der Waals surface area contributed by atoms with Crippen molar-refractivity contribution in [1.82, 2.24) is 4.90 Å². The van der Waals surface area contributed by atoms with Crippen molar-refractivity contribution >= 4 is 11.6 Å². The average molecular weight is 312 g/mol. The molecule has 0 heterocycles. The van der Waals surface area contributed by atoms with Crippen molar-refractivity contribution in [2.75, 3.05) is 7.05 Å². The lowest BCUT2D eigenvalue weighted by Gasteiger charge is -2.25. The van der Waals surface area contributed by atoms with Gasteiger partial charge in [-0.1, -0.05) is 29.8 Å². The van der Waals surface area contributed by atoms with Gasteiger partial charge in [-0.3, -0.25) is 14.9 Å². The third-order valence-electron chi connectivity index (χ3n) is 4.10. The molecule has 2 rings (SSSR count). The van der Waals surface area contributed by atoms with Gasteiger partial charge in [-0.15, -0.1) is 0 Å². The summed E-state index contributed by atoms with van der Waals surface area (Å²) >= 11 is 0. The summed E-state index contributed by atoms with van der Waals surface area (Å²) in [6.07, 6.45) is 0. The van der Waals surface area contributed by atoms with E-state index in [0.29, 0.717) is 11.1 Å². The molecule has 2 aromatic carbocycles. The maximum Gasteiger partial charge on any atom is 0.272 e. The summed E-state index contributed by atoms with van der Waals surface area (Å²) in [5.74, 6) is -0.156. The minimum Gasteiger partial charge on any atom is -0.335 e. The van der Waals surface area contributed by atoms with Crippen molar-refractivity contribution in [3.63, 3.8) is 0 Å². The molecule has 0 aromatic heterocycles. The van der Waals surface area contributed by atoms with Crippen LogP contribution in [0.3, 0.4) is 0 Å². The van der Waals surface area contributed by atoms with Crippen molar-refractivity contribution in [3.8, 4) is 0 Å². The quantitative estimate of drug-likeness (QED) is 0.632. The van der Waals surface area contributed by atoms with Crippen molar-refractivity contribution < 1.29 is 9.72 Å². The van der Waals surface area contributed by atoms with Gasteiger partial charge in [-0.2, -0.15) is 0 Å². The summed E-state index contributed by atoms with van der Waals surface area (Å²) in [4.78, 5) is 24.7. The van der Waals surface area contributed by atoms with Crippen LogP contribution in [-0.4, -0.2) is 22.8 Å². The second-order valence-corrected chi connectivity index (χ2v) is 5.76. The Kier molecular flexibility index (Phi) is 4.79. The summed E-state index contributed by atoms with van der Waals surface area (Å²) in [5.41, 5.74) is 3.17. The lowest BCUT2D eigenvalue weighted by atomic mass is 10.0. The highest BCUT2D eigenvalue weighted by Gasteiger charge is 2.20. The number of nitrogens with zero attached hydrogens (tertiary/aromatic N) is 2. The van der Waals surface area contributed by atoms with Gasteiger partial charge in [0.25, 0.3) is 11.6 Å². The van der Waals surface area contributed by atoms with E-state index in [9.17, 15) is 14.9 Å². The molecule has 0 saturated heterocycles. The van der Waals surface area contributed by atoms with Crippen LogP contribution in [0, 0.1) is 24.0 Å². The Morgan fingerprint density at radius 1 is 1.13 bits per heavy atom. The number of carbonyl (C=O) groups excluding carboxylic acids is 1. The van der Waals surface area contributed by atoms with E-state index in [-0.39, 0.29) is 17.6 Å². The number of nitro benzene ring substituents is 1. The van der Waals surface area contributed by atoms with Crippen LogP contribution in [0.2, 0.25) is 0 Å². The van der Waals surface area contributed by atoms with Crippen molar-refractivity contribution in [3.05, 3.63) is 74.8 Å². The van der Waals surface area contributed by atoms with Gasteiger partial charge >= 0.3 is 0 Å². The number of amides is 1. The number of nitro groups is 1. The van der Waals surface area contributed by atoms with E-state index in [4.69, 9.17) is 0 Å². The van der Waals surface area contributed by atoms with Crippen LogP contribution in [0.4, 0.5) is 5.69 Å². The summed E-state index contributed by atoms with van der Waals surface area (Å²) in [5, 5.41) is 10.9. The summed E-state index contributed by atoms with van der Waals surface area (Å²) in [6, 6.07) is 12.4. The largest absolute Gasteiger partial charge is 0.335 e. The zero-order valence-electron chi connectivity index (χ0n) is 13.7. The Morgan fingerprint density at radius 3 is 2.26 bits per heavy atom. The molecular formula is C18H20N2O3. The number of hydrogen-bond donors (Lipinski definition) is 0. The molecule has 2 aromatic rings. The molecular weight excluding hydrogens is 292 g/mol. The normalized spacial score (nSPS) is 11.8. The van der Waals surface area contributed by atoms with Crippen molar-refractivity contribution in [2.45, 2.75) is 26.8 Å². The minimum absolute atomic E-state index is 0.0239. The molecule has 0 N–H and O–H groups in total. The molecule has 5 heteroatoms. The molecule has 23 heavy (non-hydrogen) atoms. The SMILES string of the molecule is Cc1ccc(C(C)N(C)C(=O)c2ccc([N+](=O)[O-])c(C)c2)cc1. The topological polar surface area (TPSA) is 63.5 Å². The van der Waals surface area contributed by atoms with Gasteiger partial charge in [-0.25, -0.2) is 0 Å². The standard InChI is InChI=1S/C18H20N2O3/c1-12-5-7-15(8-6-12)14(3)19(4)18(21)16-9-10-17(20(22)23)13(2)11-16/h5-11,14H,1-4H3. The monoisotopic (exact) mass is 312 g/mol. The van der Waals surface area contributed by atoms with Crippen LogP contribution in [0.25, 0.3) is 0 Å². The highest BCUT2D eigenvalue weighted by atomic mass is 16.6. The van der Waals surface area contributed by atoms with E-state index >= 15 is 0 Å². The first kappa shape index (κ1) is 16.7. The maximum absolute atomic E-state index is 12.6. The molecule has 0 radical (unpaired) electrons. The van der Waals surface area contributed by atoms with Crippen LogP contribution < -0.4 is 0 Å². The van der Waals surface area contributed by atoms with E-state index in [1.807, 2.05) is 38.1 Å². The van der Waals surface area contributed by atoms with Gasteiger partial charge < -0.3 is 4.90 Å². The molecule has 0 saturated carbocycles. The molecule has 0 bridgehead atoms. The van der Waals surface area contributed by atoms with E-state index < -0.39 is 4.92 Å². The third-order valence-corrected chi connectivity index (χ3v) is 4.10. The summed E-state index contributed by atoms with van der Waals surface area (Å²) < 4.78 is 0.